The number of nitrogens with one attached hydrogen (secondary N) is 1. The van der Waals surface area contributed by atoms with Gasteiger partial charge >= 0.3 is 29.6 Å². The van der Waals surface area contributed by atoms with Crippen molar-refractivity contribution in [2.24, 2.45) is 5.10 Å². The first-order chi connectivity index (χ1) is 8.57. The van der Waals surface area contributed by atoms with E-state index in [1.54, 1.807) is 18.2 Å². The summed E-state index contributed by atoms with van der Waals surface area (Å²) in [7, 11) is -4.44. The van der Waals surface area contributed by atoms with E-state index in [0.29, 0.717) is 0 Å². The van der Waals surface area contributed by atoms with E-state index in [2.05, 4.69) is 10.5 Å². The number of hydrazone groups is 1. The van der Waals surface area contributed by atoms with Crippen LogP contribution in [0.4, 0.5) is 5.69 Å². The molecule has 5 nitrogen and oxygen atoms in total. The molecule has 19 heavy (non-hydrogen) atoms. The number of anilines is 1. The number of allylic oxidation sites excluding steroid dienone is 3. The minimum Gasteiger partial charge on any atom is -0.747 e. The van der Waals surface area contributed by atoms with Crippen LogP contribution in [0.1, 0.15) is 0 Å². The summed E-state index contributed by atoms with van der Waals surface area (Å²) in [5, 5.41) is 2.71. The first kappa shape index (κ1) is 16.1. The van der Waals surface area contributed by atoms with Gasteiger partial charge in [0.2, 0.25) is 0 Å². The molecular weight excluding hydrogens is 275 g/mol. The van der Waals surface area contributed by atoms with E-state index in [0.717, 1.165) is 5.69 Å². The molecule has 0 saturated heterocycles. The molecular formula is C12H11N2NaO3S. The zero-order valence-electron chi connectivity index (χ0n) is 10.4. The van der Waals surface area contributed by atoms with Crippen LogP contribution in [-0.4, -0.2) is 23.9 Å². The zero-order chi connectivity index (χ0) is 13.0. The Morgan fingerprint density at radius 2 is 1.84 bits per heavy atom. The fourth-order valence-corrected chi connectivity index (χ4v) is 2.21. The van der Waals surface area contributed by atoms with Gasteiger partial charge in [-0.2, -0.15) is 5.10 Å². The molecule has 1 aromatic carbocycles. The molecule has 94 valence electrons. The Kier molecular flexibility index (Phi) is 5.96. The number of benzene rings is 1. The quantitative estimate of drug-likeness (QED) is 0.416. The molecule has 0 saturated carbocycles. The molecule has 1 aromatic rings. The fourth-order valence-electron chi connectivity index (χ4n) is 1.50. The molecule has 0 heterocycles. The van der Waals surface area contributed by atoms with E-state index in [1.165, 1.54) is 18.2 Å². The summed E-state index contributed by atoms with van der Waals surface area (Å²) in [6.07, 6.45) is 5.96. The second-order valence-corrected chi connectivity index (χ2v) is 5.17. The third kappa shape index (κ3) is 4.59. The Morgan fingerprint density at radius 3 is 2.47 bits per heavy atom. The molecule has 2 rings (SSSR count). The summed E-state index contributed by atoms with van der Waals surface area (Å²) in [6.45, 7) is 0. The molecule has 0 spiro atoms. The van der Waals surface area contributed by atoms with Gasteiger partial charge in [0.05, 0.1) is 11.4 Å². The average Bonchev–Trinajstić information content (AvgIpc) is 2.37. The van der Waals surface area contributed by atoms with Gasteiger partial charge in [-0.05, 0) is 18.2 Å². The molecule has 0 radical (unpaired) electrons. The largest absolute Gasteiger partial charge is 1.00 e. The summed E-state index contributed by atoms with van der Waals surface area (Å²) in [6, 6.07) is 9.06. The third-order valence-electron chi connectivity index (χ3n) is 2.35. The monoisotopic (exact) mass is 286 g/mol. The van der Waals surface area contributed by atoms with Crippen LogP contribution in [0.2, 0.25) is 0 Å². The maximum absolute atomic E-state index is 11.1. The predicted molar refractivity (Wildman–Crippen MR) is 69.3 cm³/mol. The number of para-hydroxylation sites is 1. The molecule has 7 heteroatoms. The maximum atomic E-state index is 11.1. The minimum atomic E-state index is -4.44. The van der Waals surface area contributed by atoms with Crippen LogP contribution in [0, 0.1) is 0 Å². The topological polar surface area (TPSA) is 81.6 Å². The standard InChI is InChI=1S/C12H12N2O3S.Na/c15-18(16,17)12-9-5-4-8-11(12)14-13-10-6-2-1-3-7-10;/h1-9,12-13H,(H,15,16,17);/q;+1/p-1. The van der Waals surface area contributed by atoms with Crippen molar-refractivity contribution in [3.63, 3.8) is 0 Å². The van der Waals surface area contributed by atoms with Crippen LogP contribution in [0.15, 0.2) is 59.7 Å². The van der Waals surface area contributed by atoms with Crippen LogP contribution < -0.4 is 35.0 Å². The molecule has 0 aliphatic heterocycles. The molecule has 0 fully saturated rings. The Labute approximate surface area is 134 Å². The predicted octanol–water partition coefficient (Wildman–Crippen LogP) is -1.50. The summed E-state index contributed by atoms with van der Waals surface area (Å²) < 4.78 is 33.2. The first-order valence-electron chi connectivity index (χ1n) is 5.25. The Bertz CT molecular complexity index is 609. The van der Waals surface area contributed by atoms with Crippen molar-refractivity contribution in [2.45, 2.75) is 5.25 Å². The van der Waals surface area contributed by atoms with Gasteiger partial charge in [0, 0.05) is 0 Å². The van der Waals surface area contributed by atoms with E-state index >= 15 is 0 Å². The van der Waals surface area contributed by atoms with Gasteiger partial charge in [-0.3, -0.25) is 5.43 Å². The molecule has 0 bridgehead atoms. The van der Waals surface area contributed by atoms with E-state index in [4.69, 9.17) is 0 Å². The molecule has 1 unspecified atom stereocenters. The SMILES string of the molecule is O=S(=O)([O-])C1C=CC=CC1=NNc1ccccc1.[Na+]. The Morgan fingerprint density at radius 1 is 1.16 bits per heavy atom. The van der Waals surface area contributed by atoms with Crippen molar-refractivity contribution >= 4 is 21.5 Å². The smallest absolute Gasteiger partial charge is 0.747 e. The van der Waals surface area contributed by atoms with Crippen molar-refractivity contribution in [1.82, 2.24) is 0 Å². The second kappa shape index (κ2) is 7.02. The van der Waals surface area contributed by atoms with Gasteiger partial charge < -0.3 is 4.55 Å². The van der Waals surface area contributed by atoms with Crippen molar-refractivity contribution in [1.29, 1.82) is 0 Å². The summed E-state index contributed by atoms with van der Waals surface area (Å²) in [5.41, 5.74) is 3.61. The van der Waals surface area contributed by atoms with Crippen LogP contribution in [-0.2, 0) is 10.1 Å². The third-order valence-corrected chi connectivity index (χ3v) is 3.38. The van der Waals surface area contributed by atoms with Gasteiger partial charge in [-0.25, -0.2) is 8.42 Å². The van der Waals surface area contributed by atoms with Gasteiger partial charge in [0.25, 0.3) is 0 Å². The van der Waals surface area contributed by atoms with E-state index in [9.17, 15) is 13.0 Å². The number of hydrogen-bond acceptors (Lipinski definition) is 5. The van der Waals surface area contributed by atoms with Crippen molar-refractivity contribution in [3.8, 4) is 0 Å². The van der Waals surface area contributed by atoms with E-state index < -0.39 is 15.4 Å². The molecule has 0 amide bonds. The molecule has 1 aliphatic carbocycles. The summed E-state index contributed by atoms with van der Waals surface area (Å²) in [5.74, 6) is 0. The van der Waals surface area contributed by atoms with Crippen LogP contribution in [0.3, 0.4) is 0 Å². The number of rotatable bonds is 3. The van der Waals surface area contributed by atoms with Gasteiger partial charge in [0.15, 0.2) is 0 Å². The fraction of sp³-hybridized carbons (Fsp3) is 0.0833. The molecule has 1 atom stereocenters. The van der Waals surface area contributed by atoms with Crippen LogP contribution in [0.25, 0.3) is 0 Å². The van der Waals surface area contributed by atoms with Crippen molar-refractivity contribution in [3.05, 3.63) is 54.6 Å². The Hall–Kier alpha value is -0.920. The van der Waals surface area contributed by atoms with E-state index in [-0.39, 0.29) is 35.3 Å². The summed E-state index contributed by atoms with van der Waals surface area (Å²) >= 11 is 0. The van der Waals surface area contributed by atoms with Crippen LogP contribution in [0.5, 0.6) is 0 Å². The summed E-state index contributed by atoms with van der Waals surface area (Å²) in [4.78, 5) is 0. The second-order valence-electron chi connectivity index (χ2n) is 3.67. The van der Waals surface area contributed by atoms with Crippen LogP contribution >= 0.6 is 0 Å². The first-order valence-corrected chi connectivity index (χ1v) is 6.73. The van der Waals surface area contributed by atoms with Gasteiger partial charge in [-0.15, -0.1) is 0 Å². The molecule has 0 aromatic heterocycles. The van der Waals surface area contributed by atoms with Crippen molar-refractivity contribution < 1.29 is 42.5 Å². The average molecular weight is 286 g/mol. The van der Waals surface area contributed by atoms with Gasteiger partial charge in [0.1, 0.15) is 15.4 Å². The number of hydrogen-bond donors (Lipinski definition) is 1. The molecule has 1 N–H and O–H groups in total. The maximum Gasteiger partial charge on any atom is 1.00 e. The zero-order valence-corrected chi connectivity index (χ0v) is 13.2. The number of nitrogens with zero attached hydrogens (tertiary/aromatic N) is 1. The normalized spacial score (nSPS) is 20.1. The van der Waals surface area contributed by atoms with Gasteiger partial charge in [-0.1, -0.05) is 36.4 Å². The van der Waals surface area contributed by atoms with Crippen molar-refractivity contribution in [2.75, 3.05) is 5.43 Å². The minimum absolute atomic E-state index is 0. The van der Waals surface area contributed by atoms with E-state index in [1.807, 2.05) is 18.2 Å². The molecule has 1 aliphatic rings. The Balaban J connectivity index is 0.00000180.